The van der Waals surface area contributed by atoms with Crippen molar-refractivity contribution in [2.45, 2.75) is 37.5 Å². The third-order valence-electron chi connectivity index (χ3n) is 5.10. The molecule has 168 valence electrons. The Morgan fingerprint density at radius 1 is 1.19 bits per heavy atom. The summed E-state index contributed by atoms with van der Waals surface area (Å²) in [4.78, 5) is 12.4. The van der Waals surface area contributed by atoms with Gasteiger partial charge in [0.25, 0.3) is 0 Å². The number of halogens is 2. The van der Waals surface area contributed by atoms with Gasteiger partial charge in [0.05, 0.1) is 16.5 Å². The first kappa shape index (κ1) is 23.9. The van der Waals surface area contributed by atoms with Crippen molar-refractivity contribution < 1.29 is 17.9 Å². The van der Waals surface area contributed by atoms with Crippen molar-refractivity contribution in [1.82, 2.24) is 4.31 Å². The lowest BCUT2D eigenvalue weighted by molar-refractivity contribution is -0.116. The van der Waals surface area contributed by atoms with E-state index in [1.54, 1.807) is 34.6 Å². The van der Waals surface area contributed by atoms with Crippen LogP contribution < -0.4 is 10.1 Å². The third-order valence-corrected chi connectivity index (χ3v) is 7.51. The molecule has 31 heavy (non-hydrogen) atoms. The minimum atomic E-state index is -3.51. The van der Waals surface area contributed by atoms with Crippen molar-refractivity contribution >= 4 is 44.8 Å². The van der Waals surface area contributed by atoms with Gasteiger partial charge in [-0.15, -0.1) is 0 Å². The molecule has 3 rings (SSSR count). The molecule has 1 atom stereocenters. The molecule has 6 nitrogen and oxygen atoms in total. The number of hydrogen-bond donors (Lipinski definition) is 1. The Hall–Kier alpha value is -1.80. The maximum Gasteiger partial charge on any atom is 0.243 e. The summed E-state index contributed by atoms with van der Waals surface area (Å²) in [6.45, 7) is 3.49. The molecule has 0 radical (unpaired) electrons. The molecule has 0 spiro atoms. The van der Waals surface area contributed by atoms with Gasteiger partial charge in [0.2, 0.25) is 15.9 Å². The van der Waals surface area contributed by atoms with Crippen molar-refractivity contribution in [2.24, 2.45) is 5.92 Å². The molecule has 1 unspecified atom stereocenters. The highest BCUT2D eigenvalue weighted by atomic mass is 35.5. The Labute approximate surface area is 193 Å². The highest BCUT2D eigenvalue weighted by molar-refractivity contribution is 7.89. The molecule has 1 N–H and O–H groups in total. The second-order valence-electron chi connectivity index (χ2n) is 7.71. The fraction of sp³-hybridized carbons (Fsp3) is 0.409. The Morgan fingerprint density at radius 3 is 2.61 bits per heavy atom. The summed E-state index contributed by atoms with van der Waals surface area (Å²) in [5.74, 6) is 0.708. The molecule has 0 aromatic heterocycles. The van der Waals surface area contributed by atoms with Gasteiger partial charge in [-0.2, -0.15) is 4.31 Å². The lowest BCUT2D eigenvalue weighted by Gasteiger charge is -2.30. The predicted octanol–water partition coefficient (Wildman–Crippen LogP) is 5.21. The summed E-state index contributed by atoms with van der Waals surface area (Å²) in [6.07, 6.45) is 2.69. The van der Waals surface area contributed by atoms with Crippen LogP contribution in [0.4, 0.5) is 5.69 Å². The minimum Gasteiger partial charge on any atom is -0.492 e. The highest BCUT2D eigenvalue weighted by Gasteiger charge is 2.28. The summed E-state index contributed by atoms with van der Waals surface area (Å²) in [7, 11) is -3.51. The maximum atomic E-state index is 12.8. The van der Waals surface area contributed by atoms with Crippen LogP contribution in [0.2, 0.25) is 10.0 Å². The van der Waals surface area contributed by atoms with Crippen LogP contribution in [-0.2, 0) is 14.8 Å². The van der Waals surface area contributed by atoms with E-state index in [1.165, 1.54) is 12.1 Å². The standard InChI is InChI=1S/C22H26Cl2N2O4S/c1-16-4-2-12-26(15-16)31(28,29)19-9-7-18(8-10-19)25-22(27)5-3-13-30-21-11-6-17(23)14-20(21)24/h6-11,14,16H,2-5,12-13,15H2,1H3,(H,25,27). The van der Waals surface area contributed by atoms with Gasteiger partial charge in [-0.05, 0) is 67.6 Å². The van der Waals surface area contributed by atoms with Crippen molar-refractivity contribution in [3.8, 4) is 5.75 Å². The molecule has 0 aliphatic carbocycles. The average molecular weight is 485 g/mol. The van der Waals surface area contributed by atoms with Gasteiger partial charge in [0.15, 0.2) is 0 Å². The van der Waals surface area contributed by atoms with Crippen LogP contribution in [0.1, 0.15) is 32.6 Å². The number of nitrogens with zero attached hydrogens (tertiary/aromatic N) is 1. The number of nitrogens with one attached hydrogen (secondary N) is 1. The van der Waals surface area contributed by atoms with Crippen LogP contribution in [0.25, 0.3) is 0 Å². The van der Waals surface area contributed by atoms with E-state index in [1.807, 2.05) is 0 Å². The van der Waals surface area contributed by atoms with Crippen molar-refractivity contribution in [3.63, 3.8) is 0 Å². The molecule has 9 heteroatoms. The number of ether oxygens (including phenoxy) is 1. The largest absolute Gasteiger partial charge is 0.492 e. The SMILES string of the molecule is CC1CCCN(S(=O)(=O)c2ccc(NC(=O)CCCOc3ccc(Cl)cc3Cl)cc2)C1. The summed E-state index contributed by atoms with van der Waals surface area (Å²) in [5, 5.41) is 3.73. The minimum absolute atomic E-state index is 0.175. The third kappa shape index (κ3) is 6.59. The second kappa shape index (κ2) is 10.7. The van der Waals surface area contributed by atoms with Crippen molar-refractivity contribution in [3.05, 3.63) is 52.5 Å². The maximum absolute atomic E-state index is 12.8. The molecular weight excluding hydrogens is 459 g/mol. The molecule has 1 saturated heterocycles. The number of sulfonamides is 1. The monoisotopic (exact) mass is 484 g/mol. The van der Waals surface area contributed by atoms with Crippen LogP contribution in [0, 0.1) is 5.92 Å². The van der Waals surface area contributed by atoms with Gasteiger partial charge >= 0.3 is 0 Å². The number of anilines is 1. The van der Waals surface area contributed by atoms with E-state index in [0.717, 1.165) is 12.8 Å². The Bertz CT molecular complexity index is 1010. The molecular formula is C22H26Cl2N2O4S. The van der Waals surface area contributed by atoms with Crippen LogP contribution in [0.5, 0.6) is 5.75 Å². The van der Waals surface area contributed by atoms with Gasteiger partial charge in [-0.25, -0.2) is 8.42 Å². The summed E-state index contributed by atoms with van der Waals surface area (Å²) in [6, 6.07) is 11.3. The van der Waals surface area contributed by atoms with Crippen LogP contribution in [-0.4, -0.2) is 38.3 Å². The van der Waals surface area contributed by atoms with Crippen LogP contribution >= 0.6 is 23.2 Å². The average Bonchev–Trinajstić information content (AvgIpc) is 2.73. The first-order chi connectivity index (χ1) is 14.8. The van der Waals surface area contributed by atoms with E-state index in [9.17, 15) is 13.2 Å². The molecule has 1 aliphatic heterocycles. The van der Waals surface area contributed by atoms with Gasteiger partial charge in [-0.1, -0.05) is 30.1 Å². The summed E-state index contributed by atoms with van der Waals surface area (Å²) >= 11 is 11.9. The van der Waals surface area contributed by atoms with Crippen LogP contribution in [0.3, 0.4) is 0 Å². The number of carbonyl (C=O) groups excluding carboxylic acids is 1. The molecule has 1 amide bonds. The second-order valence-corrected chi connectivity index (χ2v) is 10.5. The Morgan fingerprint density at radius 2 is 1.94 bits per heavy atom. The number of benzene rings is 2. The van der Waals surface area contributed by atoms with E-state index in [0.29, 0.717) is 53.5 Å². The molecule has 0 saturated carbocycles. The molecule has 1 aliphatic rings. The number of hydrogen-bond acceptors (Lipinski definition) is 4. The summed E-state index contributed by atoms with van der Waals surface area (Å²) < 4.78 is 32.7. The Kier molecular flexibility index (Phi) is 8.22. The van der Waals surface area contributed by atoms with E-state index >= 15 is 0 Å². The van der Waals surface area contributed by atoms with Gasteiger partial charge < -0.3 is 10.1 Å². The smallest absolute Gasteiger partial charge is 0.243 e. The first-order valence-corrected chi connectivity index (χ1v) is 12.4. The van der Waals surface area contributed by atoms with Crippen LogP contribution in [0.15, 0.2) is 47.4 Å². The van der Waals surface area contributed by atoms with Crippen molar-refractivity contribution in [2.75, 3.05) is 25.0 Å². The fourth-order valence-electron chi connectivity index (χ4n) is 3.45. The van der Waals surface area contributed by atoms with E-state index in [2.05, 4.69) is 12.2 Å². The van der Waals surface area contributed by atoms with E-state index < -0.39 is 10.0 Å². The first-order valence-electron chi connectivity index (χ1n) is 10.2. The molecule has 1 heterocycles. The highest BCUT2D eigenvalue weighted by Crippen LogP contribution is 2.28. The number of piperidine rings is 1. The Balaban J connectivity index is 1.47. The van der Waals surface area contributed by atoms with Gasteiger partial charge in [-0.3, -0.25) is 4.79 Å². The normalized spacial score (nSPS) is 17.3. The molecule has 1 fully saturated rings. The zero-order chi connectivity index (χ0) is 22.4. The lowest BCUT2D eigenvalue weighted by Crippen LogP contribution is -2.39. The molecule has 0 bridgehead atoms. The quantitative estimate of drug-likeness (QED) is 0.521. The number of rotatable bonds is 8. The zero-order valence-corrected chi connectivity index (χ0v) is 19.6. The van der Waals surface area contributed by atoms with Gasteiger partial charge in [0.1, 0.15) is 5.75 Å². The lowest BCUT2D eigenvalue weighted by atomic mass is 10.0. The predicted molar refractivity (Wildman–Crippen MR) is 123 cm³/mol. The van der Waals surface area contributed by atoms with Gasteiger partial charge in [0, 0.05) is 30.2 Å². The molecule has 2 aromatic rings. The zero-order valence-electron chi connectivity index (χ0n) is 17.3. The van der Waals surface area contributed by atoms with E-state index in [-0.39, 0.29) is 17.2 Å². The summed E-state index contributed by atoms with van der Waals surface area (Å²) in [5.41, 5.74) is 0.553. The number of carbonyl (C=O) groups is 1. The number of amides is 1. The van der Waals surface area contributed by atoms with E-state index in [4.69, 9.17) is 27.9 Å². The molecule has 2 aromatic carbocycles. The topological polar surface area (TPSA) is 75.7 Å². The van der Waals surface area contributed by atoms with Crippen molar-refractivity contribution in [1.29, 1.82) is 0 Å². The fourth-order valence-corrected chi connectivity index (χ4v) is 5.52.